The van der Waals surface area contributed by atoms with Crippen LogP contribution in [0, 0.1) is 0 Å². The molecule has 2 aromatic heterocycles. The van der Waals surface area contributed by atoms with Crippen molar-refractivity contribution < 1.29 is 0 Å². The van der Waals surface area contributed by atoms with Crippen LogP contribution in [0.3, 0.4) is 0 Å². The molecule has 2 unspecified atom stereocenters. The number of thioether (sulfide) groups is 1. The van der Waals surface area contributed by atoms with Gasteiger partial charge in [-0.05, 0) is 30.7 Å². The predicted molar refractivity (Wildman–Crippen MR) is 91.7 cm³/mol. The smallest absolute Gasteiger partial charge is 0.142 e. The van der Waals surface area contributed by atoms with E-state index in [4.69, 9.17) is 4.98 Å². The van der Waals surface area contributed by atoms with Gasteiger partial charge in [0.15, 0.2) is 0 Å². The molecule has 3 nitrogen and oxygen atoms in total. The van der Waals surface area contributed by atoms with E-state index < -0.39 is 0 Å². The van der Waals surface area contributed by atoms with Crippen LogP contribution in [0.1, 0.15) is 31.9 Å². The molecule has 1 saturated carbocycles. The summed E-state index contributed by atoms with van der Waals surface area (Å²) >= 11 is 3.77. The zero-order valence-corrected chi connectivity index (χ0v) is 13.9. The molecule has 0 saturated heterocycles. The first kappa shape index (κ1) is 15.0. The largest absolute Gasteiger partial charge is 0.307 e. The molecular weight excluding hydrogens is 298 g/mol. The highest BCUT2D eigenvalue weighted by Crippen LogP contribution is 2.30. The maximum absolute atomic E-state index is 4.70. The molecule has 0 aromatic carbocycles. The molecule has 0 amide bonds. The van der Waals surface area contributed by atoms with Gasteiger partial charge >= 0.3 is 0 Å². The zero-order chi connectivity index (χ0) is 14.5. The Labute approximate surface area is 134 Å². The number of aromatic nitrogens is 2. The van der Waals surface area contributed by atoms with Crippen molar-refractivity contribution in [2.75, 3.05) is 5.75 Å². The van der Waals surface area contributed by atoms with Crippen LogP contribution in [0.15, 0.2) is 29.8 Å². The van der Waals surface area contributed by atoms with Gasteiger partial charge in [-0.1, -0.05) is 19.4 Å². The number of pyridine rings is 1. The fraction of sp³-hybridized carbons (Fsp3) is 0.500. The normalized spacial score (nSPS) is 21.8. The van der Waals surface area contributed by atoms with Crippen molar-refractivity contribution in [3.05, 3.63) is 35.5 Å². The number of hydrogen-bond donors (Lipinski definition) is 1. The summed E-state index contributed by atoms with van der Waals surface area (Å²) in [7, 11) is 0. The number of rotatable bonds is 6. The minimum Gasteiger partial charge on any atom is -0.307 e. The standard InChI is InChI=1S/C16H21N3S2/c1-2-20-15-8-5-7-13(15)18-10-12-11-21-16(19-12)14-6-3-4-9-17-14/h3-4,6,9,11,13,15,18H,2,5,7-8,10H2,1H3. The fourth-order valence-electron chi connectivity index (χ4n) is 2.80. The number of thiazole rings is 1. The van der Waals surface area contributed by atoms with Crippen LogP contribution in [0.25, 0.3) is 10.7 Å². The number of nitrogens with one attached hydrogen (secondary N) is 1. The molecule has 2 aromatic rings. The lowest BCUT2D eigenvalue weighted by Crippen LogP contribution is -2.33. The van der Waals surface area contributed by atoms with E-state index >= 15 is 0 Å². The van der Waals surface area contributed by atoms with Gasteiger partial charge < -0.3 is 5.32 Å². The third-order valence-corrected chi connectivity index (χ3v) is 6.05. The first-order valence-electron chi connectivity index (χ1n) is 7.57. The van der Waals surface area contributed by atoms with Gasteiger partial charge in [-0.2, -0.15) is 11.8 Å². The molecular formula is C16H21N3S2. The molecule has 2 heterocycles. The second kappa shape index (κ2) is 7.38. The minimum atomic E-state index is 0.648. The van der Waals surface area contributed by atoms with Gasteiger partial charge in [0.05, 0.1) is 11.4 Å². The van der Waals surface area contributed by atoms with E-state index in [1.807, 2.05) is 24.4 Å². The van der Waals surface area contributed by atoms with Crippen LogP contribution in [-0.4, -0.2) is 27.0 Å². The van der Waals surface area contributed by atoms with Crippen molar-refractivity contribution in [1.29, 1.82) is 0 Å². The Morgan fingerprint density at radius 2 is 2.33 bits per heavy atom. The van der Waals surface area contributed by atoms with Crippen LogP contribution in [0.2, 0.25) is 0 Å². The summed E-state index contributed by atoms with van der Waals surface area (Å²) < 4.78 is 0. The minimum absolute atomic E-state index is 0.648. The van der Waals surface area contributed by atoms with E-state index in [1.54, 1.807) is 11.3 Å². The Hall–Kier alpha value is -0.910. The monoisotopic (exact) mass is 319 g/mol. The van der Waals surface area contributed by atoms with E-state index in [0.717, 1.165) is 28.2 Å². The van der Waals surface area contributed by atoms with E-state index in [9.17, 15) is 0 Å². The van der Waals surface area contributed by atoms with Crippen molar-refractivity contribution in [2.45, 2.75) is 44.0 Å². The third-order valence-electron chi connectivity index (χ3n) is 3.81. The predicted octanol–water partition coefficient (Wildman–Crippen LogP) is 3.97. The van der Waals surface area contributed by atoms with Crippen molar-refractivity contribution in [3.8, 4) is 10.7 Å². The molecule has 1 fully saturated rings. The van der Waals surface area contributed by atoms with E-state index in [1.165, 1.54) is 25.0 Å². The van der Waals surface area contributed by atoms with Gasteiger partial charge in [-0.25, -0.2) is 4.98 Å². The van der Waals surface area contributed by atoms with Crippen LogP contribution in [0.5, 0.6) is 0 Å². The molecule has 0 spiro atoms. The summed E-state index contributed by atoms with van der Waals surface area (Å²) in [6.07, 6.45) is 5.83. The molecule has 0 aliphatic heterocycles. The van der Waals surface area contributed by atoms with Crippen molar-refractivity contribution in [3.63, 3.8) is 0 Å². The molecule has 112 valence electrons. The average molecular weight is 319 g/mol. The molecule has 1 aliphatic rings. The first-order valence-corrected chi connectivity index (χ1v) is 9.50. The van der Waals surface area contributed by atoms with Crippen molar-refractivity contribution in [1.82, 2.24) is 15.3 Å². The summed E-state index contributed by atoms with van der Waals surface area (Å²) in [5, 5.41) is 7.64. The molecule has 0 bridgehead atoms. The van der Waals surface area contributed by atoms with Gasteiger partial charge in [0, 0.05) is 29.4 Å². The number of hydrogen-bond acceptors (Lipinski definition) is 5. The van der Waals surface area contributed by atoms with Gasteiger partial charge in [0.1, 0.15) is 5.01 Å². The summed E-state index contributed by atoms with van der Waals surface area (Å²) in [6.45, 7) is 3.12. The van der Waals surface area contributed by atoms with Crippen LogP contribution >= 0.6 is 23.1 Å². The molecule has 21 heavy (non-hydrogen) atoms. The third kappa shape index (κ3) is 3.84. The highest BCUT2D eigenvalue weighted by atomic mass is 32.2. The second-order valence-electron chi connectivity index (χ2n) is 5.27. The fourth-order valence-corrected chi connectivity index (χ4v) is 4.83. The van der Waals surface area contributed by atoms with Crippen molar-refractivity contribution >= 4 is 23.1 Å². The van der Waals surface area contributed by atoms with E-state index in [2.05, 4.69) is 34.4 Å². The average Bonchev–Trinajstić information content (AvgIpc) is 3.16. The van der Waals surface area contributed by atoms with Crippen LogP contribution in [0.4, 0.5) is 0 Å². The maximum Gasteiger partial charge on any atom is 0.142 e. The lowest BCUT2D eigenvalue weighted by Gasteiger charge is -2.19. The van der Waals surface area contributed by atoms with E-state index in [-0.39, 0.29) is 0 Å². The quantitative estimate of drug-likeness (QED) is 0.874. The van der Waals surface area contributed by atoms with Gasteiger partial charge in [-0.15, -0.1) is 11.3 Å². The second-order valence-corrected chi connectivity index (χ2v) is 7.65. The highest BCUT2D eigenvalue weighted by Gasteiger charge is 2.26. The molecule has 5 heteroatoms. The number of nitrogens with zero attached hydrogens (tertiary/aromatic N) is 2. The first-order chi connectivity index (χ1) is 10.4. The molecule has 0 radical (unpaired) electrons. The Morgan fingerprint density at radius 3 is 3.14 bits per heavy atom. The summed E-state index contributed by atoms with van der Waals surface area (Å²) in [5.41, 5.74) is 2.10. The topological polar surface area (TPSA) is 37.8 Å². The SMILES string of the molecule is CCSC1CCCC1NCc1csc(-c2ccccn2)n1. The zero-order valence-electron chi connectivity index (χ0n) is 12.3. The Balaban J connectivity index is 1.58. The lowest BCUT2D eigenvalue weighted by molar-refractivity contribution is 0.528. The summed E-state index contributed by atoms with van der Waals surface area (Å²) in [6, 6.07) is 6.61. The Morgan fingerprint density at radius 1 is 1.38 bits per heavy atom. The lowest BCUT2D eigenvalue weighted by atomic mass is 10.2. The Bertz CT molecular complexity index is 556. The van der Waals surface area contributed by atoms with Crippen molar-refractivity contribution in [2.24, 2.45) is 0 Å². The molecule has 1 aliphatic carbocycles. The summed E-state index contributed by atoms with van der Waals surface area (Å²) in [5.74, 6) is 1.21. The maximum atomic E-state index is 4.70. The van der Waals surface area contributed by atoms with Gasteiger partial charge in [0.2, 0.25) is 0 Å². The van der Waals surface area contributed by atoms with Crippen LogP contribution in [-0.2, 0) is 6.54 Å². The molecule has 1 N–H and O–H groups in total. The Kier molecular flexibility index (Phi) is 5.27. The van der Waals surface area contributed by atoms with Gasteiger partial charge in [0.25, 0.3) is 0 Å². The van der Waals surface area contributed by atoms with E-state index in [0.29, 0.717) is 6.04 Å². The van der Waals surface area contributed by atoms with Gasteiger partial charge in [-0.3, -0.25) is 4.98 Å². The molecule has 2 atom stereocenters. The highest BCUT2D eigenvalue weighted by molar-refractivity contribution is 7.99. The molecule has 3 rings (SSSR count). The van der Waals surface area contributed by atoms with Crippen LogP contribution < -0.4 is 5.32 Å². The summed E-state index contributed by atoms with van der Waals surface area (Å²) in [4.78, 5) is 9.06.